The molecule has 17 heavy (non-hydrogen) atoms. The van der Waals surface area contributed by atoms with Gasteiger partial charge in [-0.15, -0.1) is 0 Å². The number of methoxy groups -OCH3 is 1. The summed E-state index contributed by atoms with van der Waals surface area (Å²) in [6.45, 7) is 0.597. The van der Waals surface area contributed by atoms with Crippen molar-refractivity contribution < 1.29 is 14.6 Å². The zero-order chi connectivity index (χ0) is 12.7. The summed E-state index contributed by atoms with van der Waals surface area (Å²) in [5, 5.41) is 9.54. The Hall–Kier alpha value is -0.870. The summed E-state index contributed by atoms with van der Waals surface area (Å²) in [5.74, 6) is 0.0771. The lowest BCUT2D eigenvalue weighted by Crippen LogP contribution is -2.36. The molecule has 4 heteroatoms. The van der Waals surface area contributed by atoms with E-state index in [0.717, 1.165) is 12.8 Å². The number of carbonyl (C=O) groups is 1. The Morgan fingerprint density at radius 1 is 1.59 bits per heavy atom. The van der Waals surface area contributed by atoms with Crippen LogP contribution in [0.5, 0.6) is 0 Å². The molecule has 0 saturated heterocycles. The van der Waals surface area contributed by atoms with E-state index in [1.807, 2.05) is 0 Å². The first-order valence-electron chi connectivity index (χ1n) is 6.22. The van der Waals surface area contributed by atoms with Crippen LogP contribution in [-0.2, 0) is 9.53 Å². The van der Waals surface area contributed by atoms with Gasteiger partial charge in [0.1, 0.15) is 0 Å². The van der Waals surface area contributed by atoms with Crippen LogP contribution in [0.1, 0.15) is 32.1 Å². The highest BCUT2D eigenvalue weighted by atomic mass is 16.5. The minimum absolute atomic E-state index is 0.0771. The van der Waals surface area contributed by atoms with E-state index in [9.17, 15) is 9.90 Å². The first kappa shape index (κ1) is 14.2. The second-order valence-electron chi connectivity index (χ2n) is 4.67. The normalized spacial score (nSPS) is 17.5. The molecule has 1 unspecified atom stereocenters. The van der Waals surface area contributed by atoms with Crippen LogP contribution in [-0.4, -0.2) is 49.3 Å². The van der Waals surface area contributed by atoms with Gasteiger partial charge in [0.05, 0.1) is 12.7 Å². The lowest BCUT2D eigenvalue weighted by Gasteiger charge is -2.22. The van der Waals surface area contributed by atoms with Gasteiger partial charge in [-0.05, 0) is 25.7 Å². The maximum atomic E-state index is 11.9. The van der Waals surface area contributed by atoms with Crippen molar-refractivity contribution in [3.05, 3.63) is 11.6 Å². The SMILES string of the molecule is COCC(O)CN(C)C(=O)CC1=CCCCC1. The second-order valence-corrected chi connectivity index (χ2v) is 4.67. The van der Waals surface area contributed by atoms with Crippen LogP contribution in [0, 0.1) is 0 Å². The number of likely N-dealkylation sites (N-methyl/N-ethyl adjacent to an activating group) is 1. The number of carbonyl (C=O) groups excluding carboxylic acids is 1. The molecule has 1 N–H and O–H groups in total. The van der Waals surface area contributed by atoms with Crippen molar-refractivity contribution in [3.63, 3.8) is 0 Å². The van der Waals surface area contributed by atoms with Crippen LogP contribution < -0.4 is 0 Å². The summed E-state index contributed by atoms with van der Waals surface area (Å²) in [7, 11) is 3.27. The molecule has 98 valence electrons. The largest absolute Gasteiger partial charge is 0.389 e. The van der Waals surface area contributed by atoms with Gasteiger partial charge in [0, 0.05) is 27.1 Å². The van der Waals surface area contributed by atoms with Crippen molar-refractivity contribution >= 4 is 5.91 Å². The van der Waals surface area contributed by atoms with Gasteiger partial charge < -0.3 is 14.7 Å². The summed E-state index contributed by atoms with van der Waals surface area (Å²) < 4.78 is 4.83. The van der Waals surface area contributed by atoms with Gasteiger partial charge in [0.25, 0.3) is 0 Å². The van der Waals surface area contributed by atoms with Crippen LogP contribution >= 0.6 is 0 Å². The Bertz CT molecular complexity index is 276. The van der Waals surface area contributed by atoms with E-state index in [2.05, 4.69) is 6.08 Å². The van der Waals surface area contributed by atoms with Gasteiger partial charge >= 0.3 is 0 Å². The molecule has 0 aromatic heterocycles. The molecule has 0 spiro atoms. The molecule has 0 aliphatic heterocycles. The third-order valence-electron chi connectivity index (χ3n) is 3.03. The molecule has 1 amide bonds. The molecular weight excluding hydrogens is 218 g/mol. The Balaban J connectivity index is 2.33. The average molecular weight is 241 g/mol. The first-order chi connectivity index (χ1) is 8.13. The van der Waals surface area contributed by atoms with Crippen LogP contribution in [0.4, 0.5) is 0 Å². The zero-order valence-corrected chi connectivity index (χ0v) is 10.8. The Morgan fingerprint density at radius 3 is 2.94 bits per heavy atom. The van der Waals surface area contributed by atoms with Crippen molar-refractivity contribution in [1.29, 1.82) is 0 Å². The number of aliphatic hydroxyl groups is 1. The number of ether oxygens (including phenoxy) is 1. The highest BCUT2D eigenvalue weighted by Gasteiger charge is 2.15. The molecule has 1 aliphatic carbocycles. The molecule has 0 heterocycles. The molecule has 1 rings (SSSR count). The molecule has 1 atom stereocenters. The fourth-order valence-electron chi connectivity index (χ4n) is 2.06. The molecule has 0 radical (unpaired) electrons. The third kappa shape index (κ3) is 5.33. The van der Waals surface area contributed by atoms with Crippen LogP contribution in [0.25, 0.3) is 0 Å². The van der Waals surface area contributed by atoms with E-state index in [0.29, 0.717) is 13.0 Å². The minimum atomic E-state index is -0.603. The smallest absolute Gasteiger partial charge is 0.226 e. The Morgan fingerprint density at radius 2 is 2.35 bits per heavy atom. The van der Waals surface area contributed by atoms with Crippen LogP contribution in [0.3, 0.4) is 0 Å². The molecule has 0 aromatic rings. The van der Waals surface area contributed by atoms with Crippen molar-refractivity contribution in [2.75, 3.05) is 27.3 Å². The van der Waals surface area contributed by atoms with E-state index >= 15 is 0 Å². The van der Waals surface area contributed by atoms with Crippen LogP contribution in [0.15, 0.2) is 11.6 Å². The fraction of sp³-hybridized carbons (Fsp3) is 0.769. The van der Waals surface area contributed by atoms with E-state index < -0.39 is 6.10 Å². The van der Waals surface area contributed by atoms with Crippen LogP contribution in [0.2, 0.25) is 0 Å². The summed E-state index contributed by atoms with van der Waals surface area (Å²) >= 11 is 0. The number of aliphatic hydroxyl groups excluding tert-OH is 1. The Kier molecular flexibility index (Phi) is 6.22. The second kappa shape index (κ2) is 7.45. The van der Waals surface area contributed by atoms with Crippen molar-refractivity contribution in [2.24, 2.45) is 0 Å². The predicted molar refractivity (Wildman–Crippen MR) is 66.7 cm³/mol. The highest BCUT2D eigenvalue weighted by molar-refractivity contribution is 5.78. The molecule has 4 nitrogen and oxygen atoms in total. The maximum absolute atomic E-state index is 11.9. The number of allylic oxidation sites excluding steroid dienone is 1. The topological polar surface area (TPSA) is 49.8 Å². The molecule has 0 fully saturated rings. The molecule has 0 bridgehead atoms. The number of hydrogen-bond acceptors (Lipinski definition) is 3. The summed E-state index contributed by atoms with van der Waals surface area (Å²) in [4.78, 5) is 13.5. The summed E-state index contributed by atoms with van der Waals surface area (Å²) in [6.07, 6.45) is 6.64. The van der Waals surface area contributed by atoms with Gasteiger partial charge in [-0.1, -0.05) is 11.6 Å². The van der Waals surface area contributed by atoms with Crippen molar-refractivity contribution in [1.82, 2.24) is 4.90 Å². The van der Waals surface area contributed by atoms with Crippen molar-refractivity contribution in [2.45, 2.75) is 38.2 Å². The summed E-state index contributed by atoms with van der Waals surface area (Å²) in [6, 6.07) is 0. The predicted octanol–water partition coefficient (Wildman–Crippen LogP) is 1.34. The number of amides is 1. The monoisotopic (exact) mass is 241 g/mol. The number of nitrogens with zero attached hydrogens (tertiary/aromatic N) is 1. The summed E-state index contributed by atoms with van der Waals surface area (Å²) in [5.41, 5.74) is 1.24. The van der Waals surface area contributed by atoms with E-state index in [-0.39, 0.29) is 12.5 Å². The van der Waals surface area contributed by atoms with Crippen molar-refractivity contribution in [3.8, 4) is 0 Å². The maximum Gasteiger partial charge on any atom is 0.226 e. The van der Waals surface area contributed by atoms with Gasteiger partial charge in [-0.3, -0.25) is 4.79 Å². The fourth-order valence-corrected chi connectivity index (χ4v) is 2.06. The lowest BCUT2D eigenvalue weighted by molar-refractivity contribution is -0.130. The average Bonchev–Trinajstić information content (AvgIpc) is 2.30. The minimum Gasteiger partial charge on any atom is -0.389 e. The molecule has 1 aliphatic rings. The molecule has 0 saturated carbocycles. The number of rotatable bonds is 6. The van der Waals surface area contributed by atoms with E-state index in [1.54, 1.807) is 11.9 Å². The van der Waals surface area contributed by atoms with Gasteiger partial charge in [-0.25, -0.2) is 0 Å². The Labute approximate surface area is 103 Å². The van der Waals surface area contributed by atoms with Gasteiger partial charge in [0.15, 0.2) is 0 Å². The van der Waals surface area contributed by atoms with Gasteiger partial charge in [-0.2, -0.15) is 0 Å². The van der Waals surface area contributed by atoms with E-state index in [1.165, 1.54) is 25.5 Å². The zero-order valence-electron chi connectivity index (χ0n) is 10.8. The third-order valence-corrected chi connectivity index (χ3v) is 3.03. The highest BCUT2D eigenvalue weighted by Crippen LogP contribution is 2.20. The van der Waals surface area contributed by atoms with Gasteiger partial charge in [0.2, 0.25) is 5.91 Å². The van der Waals surface area contributed by atoms with E-state index in [4.69, 9.17) is 4.74 Å². The molecular formula is C13H23NO3. The molecule has 0 aromatic carbocycles. The first-order valence-corrected chi connectivity index (χ1v) is 6.22. The quantitative estimate of drug-likeness (QED) is 0.714. The lowest BCUT2D eigenvalue weighted by atomic mass is 9.97. The standard InChI is InChI=1S/C13H23NO3/c1-14(9-12(15)10-17-2)13(16)8-11-6-4-3-5-7-11/h6,12,15H,3-5,7-10H2,1-2H3. The number of hydrogen-bond donors (Lipinski definition) is 1.